The Hall–Kier alpha value is -2.06. The first-order chi connectivity index (χ1) is 11.6. The van der Waals surface area contributed by atoms with Crippen LogP contribution in [0.25, 0.3) is 11.5 Å². The zero-order valence-electron chi connectivity index (χ0n) is 13.8. The minimum absolute atomic E-state index is 0.0340. The first-order valence-corrected chi connectivity index (χ1v) is 9.00. The van der Waals surface area contributed by atoms with Gasteiger partial charge in [0.1, 0.15) is 11.3 Å². The number of aryl methyl sites for hydroxylation is 1. The van der Waals surface area contributed by atoms with E-state index in [1.807, 2.05) is 12.3 Å². The highest BCUT2D eigenvalue weighted by Crippen LogP contribution is 2.17. The molecule has 1 aliphatic heterocycles. The predicted octanol–water partition coefficient (Wildman–Crippen LogP) is 1.42. The van der Waals surface area contributed by atoms with Gasteiger partial charge in [0, 0.05) is 24.2 Å². The molecule has 0 radical (unpaired) electrons. The van der Waals surface area contributed by atoms with E-state index in [0.29, 0.717) is 24.1 Å². The lowest BCUT2D eigenvalue weighted by atomic mass is 10.2. The SMILES string of the molecule is CCN1CCCC1CNC(=O)c1cnc(-c2csc(C)n2)[nH]c1=O. The van der Waals surface area contributed by atoms with E-state index >= 15 is 0 Å². The number of amides is 1. The van der Waals surface area contributed by atoms with E-state index in [1.54, 1.807) is 0 Å². The zero-order valence-corrected chi connectivity index (χ0v) is 14.7. The van der Waals surface area contributed by atoms with E-state index in [2.05, 4.69) is 32.1 Å². The second-order valence-electron chi connectivity index (χ2n) is 5.86. The summed E-state index contributed by atoms with van der Waals surface area (Å²) in [4.78, 5) is 37.9. The van der Waals surface area contributed by atoms with Crippen LogP contribution < -0.4 is 10.9 Å². The second kappa shape index (κ2) is 7.23. The smallest absolute Gasteiger partial charge is 0.264 e. The van der Waals surface area contributed by atoms with Gasteiger partial charge >= 0.3 is 0 Å². The second-order valence-corrected chi connectivity index (χ2v) is 6.92. The van der Waals surface area contributed by atoms with Crippen LogP contribution in [-0.2, 0) is 0 Å². The summed E-state index contributed by atoms with van der Waals surface area (Å²) < 4.78 is 0. The molecule has 1 amide bonds. The van der Waals surface area contributed by atoms with Crippen molar-refractivity contribution in [3.05, 3.63) is 32.5 Å². The van der Waals surface area contributed by atoms with Crippen molar-refractivity contribution in [2.45, 2.75) is 32.7 Å². The van der Waals surface area contributed by atoms with Gasteiger partial charge in [-0.25, -0.2) is 9.97 Å². The van der Waals surface area contributed by atoms with Gasteiger partial charge < -0.3 is 10.3 Å². The van der Waals surface area contributed by atoms with Gasteiger partial charge in [0.15, 0.2) is 5.82 Å². The van der Waals surface area contributed by atoms with E-state index in [9.17, 15) is 9.59 Å². The average molecular weight is 347 g/mol. The van der Waals surface area contributed by atoms with Crippen LogP contribution >= 0.6 is 11.3 Å². The van der Waals surface area contributed by atoms with Gasteiger partial charge in [-0.2, -0.15) is 0 Å². The number of likely N-dealkylation sites (tertiary alicyclic amines) is 1. The Morgan fingerprint density at radius 1 is 1.54 bits per heavy atom. The molecule has 2 aromatic heterocycles. The van der Waals surface area contributed by atoms with Gasteiger partial charge in [-0.05, 0) is 32.9 Å². The number of carbonyl (C=O) groups excluding carboxylic acids is 1. The van der Waals surface area contributed by atoms with Gasteiger partial charge in [-0.15, -0.1) is 11.3 Å². The predicted molar refractivity (Wildman–Crippen MR) is 93.3 cm³/mol. The number of hydrogen-bond donors (Lipinski definition) is 2. The van der Waals surface area contributed by atoms with Crippen LogP contribution in [0.2, 0.25) is 0 Å². The van der Waals surface area contributed by atoms with Crippen LogP contribution in [0.4, 0.5) is 0 Å². The van der Waals surface area contributed by atoms with Crippen molar-refractivity contribution in [1.82, 2.24) is 25.2 Å². The minimum Gasteiger partial charge on any atom is -0.350 e. The molecule has 1 aliphatic rings. The van der Waals surface area contributed by atoms with Gasteiger partial charge in [-0.3, -0.25) is 14.5 Å². The molecule has 1 fully saturated rings. The van der Waals surface area contributed by atoms with Crippen LogP contribution in [0.5, 0.6) is 0 Å². The van der Waals surface area contributed by atoms with Crippen LogP contribution in [0, 0.1) is 6.92 Å². The normalized spacial score (nSPS) is 18.0. The molecule has 7 nitrogen and oxygen atoms in total. The van der Waals surface area contributed by atoms with Crippen LogP contribution in [0.3, 0.4) is 0 Å². The lowest BCUT2D eigenvalue weighted by Crippen LogP contribution is -2.41. The number of rotatable bonds is 5. The minimum atomic E-state index is -0.443. The van der Waals surface area contributed by atoms with E-state index < -0.39 is 5.56 Å². The molecule has 1 unspecified atom stereocenters. The summed E-state index contributed by atoms with van der Waals surface area (Å²) in [5.74, 6) is 0.00145. The lowest BCUT2D eigenvalue weighted by Gasteiger charge is -2.22. The molecular formula is C16H21N5O2S. The summed E-state index contributed by atoms with van der Waals surface area (Å²) in [6, 6.07) is 0.350. The van der Waals surface area contributed by atoms with Gasteiger partial charge in [0.2, 0.25) is 0 Å². The third-order valence-electron chi connectivity index (χ3n) is 4.31. The number of thiazole rings is 1. The number of aromatic nitrogens is 3. The van der Waals surface area contributed by atoms with E-state index in [4.69, 9.17) is 0 Å². The van der Waals surface area contributed by atoms with Crippen molar-refractivity contribution in [2.24, 2.45) is 0 Å². The Morgan fingerprint density at radius 2 is 2.38 bits per heavy atom. The monoisotopic (exact) mass is 347 g/mol. The van der Waals surface area contributed by atoms with Crippen molar-refractivity contribution in [3.8, 4) is 11.5 Å². The number of nitrogens with one attached hydrogen (secondary N) is 2. The topological polar surface area (TPSA) is 91.0 Å². The molecule has 2 N–H and O–H groups in total. The third-order valence-corrected chi connectivity index (χ3v) is 5.08. The van der Waals surface area contributed by atoms with Gasteiger partial charge in [-0.1, -0.05) is 6.92 Å². The molecule has 0 aliphatic carbocycles. The molecule has 2 aromatic rings. The summed E-state index contributed by atoms with van der Waals surface area (Å²) in [6.07, 6.45) is 3.55. The molecule has 3 rings (SSSR count). The van der Waals surface area contributed by atoms with Crippen molar-refractivity contribution in [3.63, 3.8) is 0 Å². The van der Waals surface area contributed by atoms with Crippen molar-refractivity contribution < 1.29 is 4.79 Å². The third kappa shape index (κ3) is 3.54. The molecule has 8 heteroatoms. The summed E-state index contributed by atoms with van der Waals surface area (Å²) in [5, 5.41) is 5.58. The van der Waals surface area contributed by atoms with Gasteiger partial charge in [0.05, 0.1) is 5.01 Å². The molecule has 0 bridgehead atoms. The fourth-order valence-corrected chi connectivity index (χ4v) is 3.60. The van der Waals surface area contributed by atoms with Gasteiger partial charge in [0.25, 0.3) is 11.5 Å². The maximum atomic E-state index is 12.3. The Kier molecular flexibility index (Phi) is 5.06. The van der Waals surface area contributed by atoms with Crippen molar-refractivity contribution >= 4 is 17.2 Å². The molecule has 3 heterocycles. The molecule has 24 heavy (non-hydrogen) atoms. The highest BCUT2D eigenvalue weighted by molar-refractivity contribution is 7.09. The number of carbonyl (C=O) groups is 1. The summed E-state index contributed by atoms with van der Waals surface area (Å²) >= 11 is 1.48. The lowest BCUT2D eigenvalue weighted by molar-refractivity contribution is 0.0939. The quantitative estimate of drug-likeness (QED) is 0.853. The summed E-state index contributed by atoms with van der Waals surface area (Å²) in [6.45, 7) is 6.61. The Bertz CT molecular complexity index is 785. The fraction of sp³-hybridized carbons (Fsp3) is 0.500. The molecule has 0 aromatic carbocycles. The zero-order chi connectivity index (χ0) is 17.1. The Labute approximate surface area is 144 Å². The number of aromatic amines is 1. The Morgan fingerprint density at radius 3 is 3.04 bits per heavy atom. The molecule has 0 saturated carbocycles. The maximum Gasteiger partial charge on any atom is 0.264 e. The van der Waals surface area contributed by atoms with Crippen molar-refractivity contribution in [1.29, 1.82) is 0 Å². The molecule has 1 atom stereocenters. The molecule has 128 valence electrons. The Balaban J connectivity index is 1.68. The first-order valence-electron chi connectivity index (χ1n) is 8.12. The fourth-order valence-electron chi connectivity index (χ4n) is 3.01. The van der Waals surface area contributed by atoms with E-state index in [0.717, 1.165) is 30.9 Å². The van der Waals surface area contributed by atoms with E-state index in [1.165, 1.54) is 17.5 Å². The van der Waals surface area contributed by atoms with Crippen LogP contribution in [-0.4, -0.2) is 51.4 Å². The van der Waals surface area contributed by atoms with Crippen LogP contribution in [0.1, 0.15) is 35.1 Å². The van der Waals surface area contributed by atoms with E-state index in [-0.39, 0.29) is 11.5 Å². The standard InChI is InChI=1S/C16H21N5O2S/c1-3-21-6-4-5-11(21)7-18-15(22)12-8-17-14(20-16(12)23)13-9-24-10(2)19-13/h8-9,11H,3-7H2,1-2H3,(H,18,22)(H,17,20,23). The molecule has 0 spiro atoms. The maximum absolute atomic E-state index is 12.3. The number of likely N-dealkylation sites (N-methyl/N-ethyl adjacent to an activating group) is 1. The van der Waals surface area contributed by atoms with Crippen LogP contribution in [0.15, 0.2) is 16.4 Å². The first kappa shape index (κ1) is 16.8. The summed E-state index contributed by atoms with van der Waals surface area (Å²) in [7, 11) is 0. The summed E-state index contributed by atoms with van der Waals surface area (Å²) in [5.41, 5.74) is 0.208. The highest BCUT2D eigenvalue weighted by Gasteiger charge is 2.24. The molecule has 1 saturated heterocycles. The van der Waals surface area contributed by atoms with Crippen molar-refractivity contribution in [2.75, 3.05) is 19.6 Å². The number of H-pyrrole nitrogens is 1. The largest absolute Gasteiger partial charge is 0.350 e. The number of hydrogen-bond acceptors (Lipinski definition) is 6. The highest BCUT2D eigenvalue weighted by atomic mass is 32.1. The average Bonchev–Trinajstić information content (AvgIpc) is 3.20. The molecular weight excluding hydrogens is 326 g/mol. The number of nitrogens with zero attached hydrogens (tertiary/aromatic N) is 3.